The minimum atomic E-state index is 0.0136. The number of hydrogen-bond donors (Lipinski definition) is 1. The predicted octanol–water partition coefficient (Wildman–Crippen LogP) is 9.20. The normalized spacial score (nSPS) is 12.6. The van der Waals surface area contributed by atoms with Gasteiger partial charge < -0.3 is 5.11 Å². The SMILES string of the molecule is CCCCCCCCCCCCCC(CCC)C(=O)C(=Nc1ccc(O)cc1)c1ccccc1. The second-order valence-electron chi connectivity index (χ2n) is 9.52. The van der Waals surface area contributed by atoms with Gasteiger partial charge in [0.15, 0.2) is 5.78 Å². The summed E-state index contributed by atoms with van der Waals surface area (Å²) in [6.07, 6.45) is 17.3. The third-order valence-electron chi connectivity index (χ3n) is 6.54. The van der Waals surface area contributed by atoms with E-state index in [2.05, 4.69) is 13.8 Å². The van der Waals surface area contributed by atoms with Crippen LogP contribution in [0, 0.1) is 5.92 Å². The first kappa shape index (κ1) is 27.8. The van der Waals surface area contributed by atoms with Crippen molar-refractivity contribution in [2.45, 2.75) is 104 Å². The summed E-state index contributed by atoms with van der Waals surface area (Å²) in [6, 6.07) is 16.5. The Morgan fingerprint density at radius 2 is 1.26 bits per heavy atom. The van der Waals surface area contributed by atoms with Crippen LogP contribution >= 0.6 is 0 Å². The van der Waals surface area contributed by atoms with Gasteiger partial charge in [0.05, 0.1) is 5.69 Å². The molecule has 0 saturated heterocycles. The Bertz CT molecular complexity index is 826. The van der Waals surface area contributed by atoms with Crippen molar-refractivity contribution in [3.63, 3.8) is 0 Å². The van der Waals surface area contributed by atoms with Gasteiger partial charge in [-0.2, -0.15) is 0 Å². The summed E-state index contributed by atoms with van der Waals surface area (Å²) in [5.41, 5.74) is 2.09. The van der Waals surface area contributed by atoms with Gasteiger partial charge in [0.25, 0.3) is 0 Å². The number of carbonyl (C=O) groups excluding carboxylic acids is 1. The maximum absolute atomic E-state index is 13.6. The number of Topliss-reactive ketones (excluding diaryl/α,β-unsaturated/α-hetero) is 1. The number of phenolic OH excluding ortho intramolecular Hbond substituents is 1. The van der Waals surface area contributed by atoms with E-state index in [1.807, 2.05) is 30.3 Å². The second-order valence-corrected chi connectivity index (χ2v) is 9.52. The van der Waals surface area contributed by atoms with Crippen molar-refractivity contribution in [2.24, 2.45) is 10.9 Å². The zero-order chi connectivity index (χ0) is 24.4. The van der Waals surface area contributed by atoms with E-state index in [1.54, 1.807) is 24.3 Å². The molecule has 0 aliphatic heterocycles. The number of benzene rings is 2. The van der Waals surface area contributed by atoms with Crippen LogP contribution in [0.2, 0.25) is 0 Å². The zero-order valence-corrected chi connectivity index (χ0v) is 21.5. The Kier molecular flexibility index (Phi) is 14.0. The van der Waals surface area contributed by atoms with Crippen molar-refractivity contribution in [3.8, 4) is 5.75 Å². The highest BCUT2D eigenvalue weighted by atomic mass is 16.3. The maximum Gasteiger partial charge on any atom is 0.184 e. The topological polar surface area (TPSA) is 49.7 Å². The number of carbonyl (C=O) groups is 1. The van der Waals surface area contributed by atoms with E-state index in [9.17, 15) is 9.90 Å². The quantitative estimate of drug-likeness (QED) is 0.177. The van der Waals surface area contributed by atoms with Gasteiger partial charge in [-0.05, 0) is 37.1 Å². The molecule has 1 unspecified atom stereocenters. The molecular formula is C31H45NO2. The number of nitrogens with zero attached hydrogens (tertiary/aromatic N) is 1. The first-order valence-electron chi connectivity index (χ1n) is 13.6. The summed E-state index contributed by atoms with van der Waals surface area (Å²) >= 11 is 0. The van der Waals surface area contributed by atoms with Gasteiger partial charge in [-0.25, -0.2) is 4.99 Å². The van der Waals surface area contributed by atoms with Crippen LogP contribution in [0.4, 0.5) is 5.69 Å². The lowest BCUT2D eigenvalue weighted by Gasteiger charge is -2.17. The highest BCUT2D eigenvalue weighted by Crippen LogP contribution is 2.24. The van der Waals surface area contributed by atoms with E-state index >= 15 is 0 Å². The molecule has 0 amide bonds. The van der Waals surface area contributed by atoms with Gasteiger partial charge in [-0.1, -0.05) is 121 Å². The first-order chi connectivity index (χ1) is 16.7. The lowest BCUT2D eigenvalue weighted by atomic mass is 9.87. The average Bonchev–Trinajstić information content (AvgIpc) is 2.86. The van der Waals surface area contributed by atoms with E-state index in [0.717, 1.165) is 31.2 Å². The van der Waals surface area contributed by atoms with Crippen LogP contribution < -0.4 is 0 Å². The molecule has 0 aliphatic rings. The fourth-order valence-corrected chi connectivity index (χ4v) is 4.52. The number of aromatic hydroxyl groups is 1. The monoisotopic (exact) mass is 463 g/mol. The highest BCUT2D eigenvalue weighted by molar-refractivity contribution is 6.47. The van der Waals surface area contributed by atoms with Gasteiger partial charge in [0.2, 0.25) is 0 Å². The number of aliphatic imine (C=N–C) groups is 1. The fraction of sp³-hybridized carbons (Fsp3) is 0.548. The lowest BCUT2D eigenvalue weighted by molar-refractivity contribution is -0.116. The molecule has 34 heavy (non-hydrogen) atoms. The van der Waals surface area contributed by atoms with Crippen molar-refractivity contribution >= 4 is 17.2 Å². The van der Waals surface area contributed by atoms with Crippen LogP contribution in [0.15, 0.2) is 59.6 Å². The van der Waals surface area contributed by atoms with Crippen LogP contribution in [0.5, 0.6) is 5.75 Å². The summed E-state index contributed by atoms with van der Waals surface area (Å²) in [5.74, 6) is 0.361. The molecular weight excluding hydrogens is 418 g/mol. The van der Waals surface area contributed by atoms with Crippen molar-refractivity contribution < 1.29 is 9.90 Å². The minimum absolute atomic E-state index is 0.0136. The third-order valence-corrected chi connectivity index (χ3v) is 6.54. The van der Waals surface area contributed by atoms with Crippen molar-refractivity contribution in [3.05, 3.63) is 60.2 Å². The molecule has 0 saturated carbocycles. The Morgan fingerprint density at radius 1 is 0.706 bits per heavy atom. The average molecular weight is 464 g/mol. The molecule has 2 aromatic rings. The molecule has 2 aromatic carbocycles. The van der Waals surface area contributed by atoms with Gasteiger partial charge in [0, 0.05) is 11.5 Å². The van der Waals surface area contributed by atoms with Crippen molar-refractivity contribution in [1.82, 2.24) is 0 Å². The number of hydrogen-bond acceptors (Lipinski definition) is 3. The van der Waals surface area contributed by atoms with Gasteiger partial charge in [-0.3, -0.25) is 4.79 Å². The van der Waals surface area contributed by atoms with Gasteiger partial charge in [-0.15, -0.1) is 0 Å². The number of phenols is 1. The van der Waals surface area contributed by atoms with Crippen LogP contribution in [0.25, 0.3) is 0 Å². The molecule has 3 nitrogen and oxygen atoms in total. The van der Waals surface area contributed by atoms with Gasteiger partial charge in [0.1, 0.15) is 11.5 Å². The van der Waals surface area contributed by atoms with Crippen LogP contribution in [-0.2, 0) is 4.79 Å². The zero-order valence-electron chi connectivity index (χ0n) is 21.5. The van der Waals surface area contributed by atoms with E-state index in [-0.39, 0.29) is 17.5 Å². The van der Waals surface area contributed by atoms with Gasteiger partial charge >= 0.3 is 0 Å². The Hall–Kier alpha value is -2.42. The number of rotatable bonds is 18. The van der Waals surface area contributed by atoms with E-state index in [0.29, 0.717) is 11.4 Å². The molecule has 2 rings (SSSR count). The molecule has 1 N–H and O–H groups in total. The summed E-state index contributed by atoms with van der Waals surface area (Å²) in [7, 11) is 0. The highest BCUT2D eigenvalue weighted by Gasteiger charge is 2.23. The molecule has 0 radical (unpaired) electrons. The molecule has 0 aliphatic carbocycles. The number of ketones is 1. The summed E-state index contributed by atoms with van der Waals surface area (Å²) in [6.45, 7) is 4.42. The Labute approximate surface area is 207 Å². The standard InChI is InChI=1S/C31H45NO2/c1-3-5-6-7-8-9-10-11-12-13-15-21-27(18-4-2)31(34)30(26-19-16-14-17-20-26)32-28-22-24-29(33)25-23-28/h14,16-17,19-20,22-25,27,33H,3-13,15,18,21H2,1-2H3. The van der Waals surface area contributed by atoms with E-state index in [4.69, 9.17) is 4.99 Å². The third kappa shape index (κ3) is 10.7. The smallest absolute Gasteiger partial charge is 0.184 e. The first-order valence-corrected chi connectivity index (χ1v) is 13.6. The summed E-state index contributed by atoms with van der Waals surface area (Å²) < 4.78 is 0. The Morgan fingerprint density at radius 3 is 1.82 bits per heavy atom. The second kappa shape index (κ2) is 17.1. The van der Waals surface area contributed by atoms with Crippen LogP contribution in [0.1, 0.15) is 109 Å². The summed E-state index contributed by atoms with van der Waals surface area (Å²) in [5, 5.41) is 9.59. The molecule has 0 fully saturated rings. The molecule has 0 heterocycles. The van der Waals surface area contributed by atoms with Crippen LogP contribution in [0.3, 0.4) is 0 Å². The van der Waals surface area contributed by atoms with Crippen LogP contribution in [-0.4, -0.2) is 16.6 Å². The molecule has 0 bridgehead atoms. The molecule has 186 valence electrons. The van der Waals surface area contributed by atoms with Crippen molar-refractivity contribution in [2.75, 3.05) is 0 Å². The number of unbranched alkanes of at least 4 members (excludes halogenated alkanes) is 10. The predicted molar refractivity (Wildman–Crippen MR) is 145 cm³/mol. The van der Waals surface area contributed by atoms with E-state index < -0.39 is 0 Å². The van der Waals surface area contributed by atoms with E-state index in [1.165, 1.54) is 64.2 Å². The molecule has 3 heteroatoms. The molecule has 0 spiro atoms. The fourth-order valence-electron chi connectivity index (χ4n) is 4.52. The van der Waals surface area contributed by atoms with Crippen molar-refractivity contribution in [1.29, 1.82) is 0 Å². The molecule has 0 aromatic heterocycles. The minimum Gasteiger partial charge on any atom is -0.508 e. The lowest BCUT2D eigenvalue weighted by Crippen LogP contribution is -2.25. The summed E-state index contributed by atoms with van der Waals surface area (Å²) in [4.78, 5) is 18.4. The molecule has 1 atom stereocenters. The maximum atomic E-state index is 13.6. The largest absolute Gasteiger partial charge is 0.508 e. The Balaban J connectivity index is 1.90.